The Morgan fingerprint density at radius 2 is 1.74 bits per heavy atom. The van der Waals surface area contributed by atoms with E-state index in [4.69, 9.17) is 15.0 Å². The second kappa shape index (κ2) is 3.96. The van der Waals surface area contributed by atoms with Gasteiger partial charge in [0.25, 0.3) is 0 Å². The van der Waals surface area contributed by atoms with E-state index < -0.39 is 7.12 Å². The maximum Gasteiger partial charge on any atom is 0.514 e. The summed E-state index contributed by atoms with van der Waals surface area (Å²) < 4.78 is 12.0. The predicted molar refractivity (Wildman–Crippen MR) is 76.3 cm³/mol. The SMILES string of the molecule is CC1(C)OB(c2cc(N)cc(C3CC3)n2)OC1(C)C. The van der Waals surface area contributed by atoms with Crippen LogP contribution >= 0.6 is 0 Å². The van der Waals surface area contributed by atoms with E-state index in [0.717, 1.165) is 17.0 Å². The van der Waals surface area contributed by atoms with E-state index in [-0.39, 0.29) is 11.2 Å². The first-order valence-electron chi connectivity index (χ1n) is 6.91. The molecule has 102 valence electrons. The number of nitrogens with zero attached hydrogens (tertiary/aromatic N) is 1. The van der Waals surface area contributed by atoms with Gasteiger partial charge in [-0.15, -0.1) is 0 Å². The lowest BCUT2D eigenvalue weighted by Gasteiger charge is -2.32. The van der Waals surface area contributed by atoms with Gasteiger partial charge in [-0.2, -0.15) is 0 Å². The van der Waals surface area contributed by atoms with E-state index in [0.29, 0.717) is 5.92 Å². The summed E-state index contributed by atoms with van der Waals surface area (Å²) in [6.07, 6.45) is 2.42. The smallest absolute Gasteiger partial charge is 0.399 e. The van der Waals surface area contributed by atoms with E-state index in [1.807, 2.05) is 39.8 Å². The molecule has 0 amide bonds. The molecule has 5 heteroatoms. The third-order valence-electron chi connectivity index (χ3n) is 4.38. The molecule has 19 heavy (non-hydrogen) atoms. The first-order valence-corrected chi connectivity index (χ1v) is 6.91. The van der Waals surface area contributed by atoms with Gasteiger partial charge < -0.3 is 15.0 Å². The summed E-state index contributed by atoms with van der Waals surface area (Å²) in [6, 6.07) is 3.82. The van der Waals surface area contributed by atoms with Crippen LogP contribution in [0.2, 0.25) is 0 Å². The Morgan fingerprint density at radius 1 is 1.16 bits per heavy atom. The molecule has 1 aliphatic heterocycles. The predicted octanol–water partition coefficient (Wildman–Crippen LogP) is 1.84. The molecule has 1 saturated heterocycles. The van der Waals surface area contributed by atoms with Crippen molar-refractivity contribution in [2.45, 2.75) is 57.7 Å². The Labute approximate surface area is 114 Å². The zero-order valence-corrected chi connectivity index (χ0v) is 12.1. The Hall–Kier alpha value is -1.07. The summed E-state index contributed by atoms with van der Waals surface area (Å²) in [6.45, 7) is 8.17. The summed E-state index contributed by atoms with van der Waals surface area (Å²) in [5.41, 5.74) is 7.89. The summed E-state index contributed by atoms with van der Waals surface area (Å²) in [4.78, 5) is 4.68. The average molecular weight is 260 g/mol. The molecular formula is C14H21BN2O2. The first kappa shape index (κ1) is 12.9. The van der Waals surface area contributed by atoms with Gasteiger partial charge in [0, 0.05) is 17.3 Å². The topological polar surface area (TPSA) is 57.4 Å². The lowest BCUT2D eigenvalue weighted by atomic mass is 9.83. The molecule has 1 aromatic heterocycles. The summed E-state index contributed by atoms with van der Waals surface area (Å²) >= 11 is 0. The fourth-order valence-corrected chi connectivity index (χ4v) is 2.27. The van der Waals surface area contributed by atoms with E-state index >= 15 is 0 Å². The van der Waals surface area contributed by atoms with Crippen LogP contribution in [0.3, 0.4) is 0 Å². The highest BCUT2D eigenvalue weighted by Crippen LogP contribution is 2.40. The highest BCUT2D eigenvalue weighted by atomic mass is 16.7. The van der Waals surface area contributed by atoms with Crippen LogP contribution < -0.4 is 11.3 Å². The second-order valence-electron chi connectivity index (χ2n) is 6.61. The van der Waals surface area contributed by atoms with Crippen molar-refractivity contribution in [3.63, 3.8) is 0 Å². The van der Waals surface area contributed by atoms with Crippen molar-refractivity contribution in [1.29, 1.82) is 0 Å². The van der Waals surface area contributed by atoms with Crippen molar-refractivity contribution in [3.8, 4) is 0 Å². The lowest BCUT2D eigenvalue weighted by Crippen LogP contribution is -2.41. The molecule has 0 aromatic carbocycles. The molecule has 1 aliphatic carbocycles. The van der Waals surface area contributed by atoms with Crippen molar-refractivity contribution in [2.24, 2.45) is 0 Å². The Morgan fingerprint density at radius 3 is 2.26 bits per heavy atom. The number of hydrogen-bond donors (Lipinski definition) is 1. The molecule has 1 saturated carbocycles. The van der Waals surface area contributed by atoms with Crippen LogP contribution in [0.4, 0.5) is 5.69 Å². The van der Waals surface area contributed by atoms with Crippen LogP contribution in [0.25, 0.3) is 0 Å². The van der Waals surface area contributed by atoms with Crippen LogP contribution in [0.15, 0.2) is 12.1 Å². The van der Waals surface area contributed by atoms with Crippen molar-refractivity contribution in [1.82, 2.24) is 4.98 Å². The molecule has 3 rings (SSSR count). The van der Waals surface area contributed by atoms with Crippen LogP contribution in [0, 0.1) is 0 Å². The lowest BCUT2D eigenvalue weighted by molar-refractivity contribution is 0.00578. The number of rotatable bonds is 2. The van der Waals surface area contributed by atoms with Crippen molar-refractivity contribution < 1.29 is 9.31 Å². The van der Waals surface area contributed by atoms with Gasteiger partial charge in [-0.05, 0) is 52.7 Å². The molecule has 0 bridgehead atoms. The molecule has 0 spiro atoms. The molecule has 2 N–H and O–H groups in total. The van der Waals surface area contributed by atoms with Gasteiger partial charge in [-0.25, -0.2) is 0 Å². The largest absolute Gasteiger partial charge is 0.514 e. The number of anilines is 1. The molecule has 2 heterocycles. The van der Waals surface area contributed by atoms with E-state index in [2.05, 4.69) is 4.98 Å². The van der Waals surface area contributed by atoms with Gasteiger partial charge in [0.05, 0.1) is 16.8 Å². The minimum absolute atomic E-state index is 0.344. The number of hydrogen-bond acceptors (Lipinski definition) is 4. The van der Waals surface area contributed by atoms with E-state index in [9.17, 15) is 0 Å². The minimum Gasteiger partial charge on any atom is -0.399 e. The molecule has 0 atom stereocenters. The number of aromatic nitrogens is 1. The maximum absolute atomic E-state index is 6.02. The zero-order chi connectivity index (χ0) is 13.8. The number of pyridine rings is 1. The van der Waals surface area contributed by atoms with Crippen LogP contribution in [-0.2, 0) is 9.31 Å². The Balaban J connectivity index is 1.91. The van der Waals surface area contributed by atoms with Gasteiger partial charge in [0.2, 0.25) is 0 Å². The van der Waals surface area contributed by atoms with Crippen LogP contribution in [-0.4, -0.2) is 23.3 Å². The Bertz CT molecular complexity index is 496. The van der Waals surface area contributed by atoms with Gasteiger partial charge in [-0.1, -0.05) is 0 Å². The van der Waals surface area contributed by atoms with Crippen molar-refractivity contribution >= 4 is 18.4 Å². The van der Waals surface area contributed by atoms with Gasteiger partial charge in [0.1, 0.15) is 0 Å². The molecule has 2 fully saturated rings. The van der Waals surface area contributed by atoms with Crippen LogP contribution in [0.1, 0.15) is 52.1 Å². The van der Waals surface area contributed by atoms with Gasteiger partial charge in [0.15, 0.2) is 0 Å². The average Bonchev–Trinajstić information content (AvgIpc) is 3.06. The van der Waals surface area contributed by atoms with Gasteiger partial charge in [-0.3, -0.25) is 4.98 Å². The van der Waals surface area contributed by atoms with Crippen molar-refractivity contribution in [2.75, 3.05) is 5.73 Å². The van der Waals surface area contributed by atoms with Crippen molar-refractivity contribution in [3.05, 3.63) is 17.8 Å². The molecule has 1 aromatic rings. The maximum atomic E-state index is 6.02. The summed E-state index contributed by atoms with van der Waals surface area (Å²) in [7, 11) is -0.425. The number of nitrogen functional groups attached to an aromatic ring is 1. The molecule has 2 aliphatic rings. The second-order valence-corrected chi connectivity index (χ2v) is 6.61. The fraction of sp³-hybridized carbons (Fsp3) is 0.643. The highest BCUT2D eigenvalue weighted by Gasteiger charge is 2.52. The molecular weight excluding hydrogens is 239 g/mol. The summed E-state index contributed by atoms with van der Waals surface area (Å²) in [5.74, 6) is 0.574. The van der Waals surface area contributed by atoms with Crippen LogP contribution in [0.5, 0.6) is 0 Å². The quantitative estimate of drug-likeness (QED) is 0.824. The standard InChI is InChI=1S/C14H21BN2O2/c1-13(2)14(3,4)19-15(18-13)12-8-10(16)7-11(17-12)9-5-6-9/h7-9H,5-6H2,1-4H3,(H2,16,17). The monoisotopic (exact) mass is 260 g/mol. The third-order valence-corrected chi connectivity index (χ3v) is 4.38. The van der Waals surface area contributed by atoms with Gasteiger partial charge >= 0.3 is 7.12 Å². The molecule has 4 nitrogen and oxygen atoms in total. The van der Waals surface area contributed by atoms with E-state index in [1.165, 1.54) is 12.8 Å². The van der Waals surface area contributed by atoms with E-state index in [1.54, 1.807) is 0 Å². The highest BCUT2D eigenvalue weighted by molar-refractivity contribution is 6.61. The minimum atomic E-state index is -0.425. The zero-order valence-electron chi connectivity index (χ0n) is 12.1. The molecule has 0 unspecified atom stereocenters. The Kier molecular flexibility index (Phi) is 2.70. The molecule has 0 radical (unpaired) electrons. The summed E-state index contributed by atoms with van der Waals surface area (Å²) in [5, 5.41) is 0. The number of nitrogens with two attached hydrogens (primary N) is 1. The third kappa shape index (κ3) is 2.25. The first-order chi connectivity index (χ1) is 8.78. The normalized spacial score (nSPS) is 24.7. The fourth-order valence-electron chi connectivity index (χ4n) is 2.27.